The molecule has 2 N–H and O–H groups in total. The van der Waals surface area contributed by atoms with E-state index in [-0.39, 0.29) is 6.04 Å². The lowest BCUT2D eigenvalue weighted by molar-refractivity contribution is 0.600. The van der Waals surface area contributed by atoms with Crippen LogP contribution in [0.1, 0.15) is 18.8 Å². The Morgan fingerprint density at radius 2 is 1.76 bits per heavy atom. The maximum atomic E-state index is 5.67. The topological polar surface area (TPSA) is 66.7 Å². The van der Waals surface area contributed by atoms with Crippen molar-refractivity contribution in [1.29, 1.82) is 0 Å². The first-order chi connectivity index (χ1) is 10.3. The lowest BCUT2D eigenvalue weighted by Gasteiger charge is -2.08. The number of aromatic nitrogens is 3. The first-order valence-electron chi connectivity index (χ1n) is 6.86. The molecule has 0 aliphatic carbocycles. The van der Waals surface area contributed by atoms with Crippen LogP contribution in [0, 0.1) is 0 Å². The first-order valence-corrected chi connectivity index (χ1v) is 6.86. The van der Waals surface area contributed by atoms with Crippen molar-refractivity contribution < 1.29 is 4.42 Å². The number of fused-ring (bicyclic) bond motifs is 2. The summed E-state index contributed by atoms with van der Waals surface area (Å²) in [5.41, 5.74) is 3.60. The zero-order valence-corrected chi connectivity index (χ0v) is 11.5. The van der Waals surface area contributed by atoms with Crippen LogP contribution in [0.4, 0.5) is 6.01 Å². The van der Waals surface area contributed by atoms with Gasteiger partial charge in [0.05, 0.1) is 17.1 Å². The number of oxazole rings is 1. The summed E-state index contributed by atoms with van der Waals surface area (Å²) in [6.45, 7) is 2.02. The zero-order chi connectivity index (χ0) is 14.2. The van der Waals surface area contributed by atoms with Gasteiger partial charge in [0.15, 0.2) is 5.58 Å². The Labute approximate surface area is 121 Å². The fraction of sp³-hybridized carbons (Fsp3) is 0.125. The minimum absolute atomic E-state index is 0.0227. The van der Waals surface area contributed by atoms with Crippen molar-refractivity contribution in [2.24, 2.45) is 0 Å². The second-order valence-electron chi connectivity index (χ2n) is 4.99. The second kappa shape index (κ2) is 4.63. The van der Waals surface area contributed by atoms with Gasteiger partial charge in [0.1, 0.15) is 11.3 Å². The number of imidazole rings is 1. The lowest BCUT2D eigenvalue weighted by Crippen LogP contribution is -2.08. The average molecular weight is 278 g/mol. The molecular formula is C16H14N4O. The number of para-hydroxylation sites is 4. The number of nitrogens with zero attached hydrogens (tertiary/aromatic N) is 2. The smallest absolute Gasteiger partial charge is 0.296 e. The van der Waals surface area contributed by atoms with E-state index in [1.165, 1.54) is 0 Å². The van der Waals surface area contributed by atoms with Crippen LogP contribution in [0.2, 0.25) is 0 Å². The minimum Gasteiger partial charge on any atom is -0.424 e. The highest BCUT2D eigenvalue weighted by molar-refractivity contribution is 5.75. The summed E-state index contributed by atoms with van der Waals surface area (Å²) < 4.78 is 5.67. The molecule has 0 saturated carbocycles. The van der Waals surface area contributed by atoms with E-state index in [2.05, 4.69) is 20.3 Å². The molecule has 1 unspecified atom stereocenters. The molecule has 0 amide bonds. The molecule has 2 aromatic carbocycles. The number of anilines is 1. The molecule has 1 atom stereocenters. The highest BCUT2D eigenvalue weighted by atomic mass is 16.4. The molecule has 5 nitrogen and oxygen atoms in total. The molecule has 0 saturated heterocycles. The molecule has 4 rings (SSSR count). The monoisotopic (exact) mass is 278 g/mol. The van der Waals surface area contributed by atoms with Crippen LogP contribution in [0.15, 0.2) is 52.9 Å². The number of rotatable bonds is 3. The quantitative estimate of drug-likeness (QED) is 0.597. The Morgan fingerprint density at radius 1 is 1.00 bits per heavy atom. The van der Waals surface area contributed by atoms with Gasteiger partial charge in [-0.15, -0.1) is 0 Å². The predicted octanol–water partition coefficient (Wildman–Crippen LogP) is 3.88. The lowest BCUT2D eigenvalue weighted by atomic mass is 10.3. The Kier molecular flexibility index (Phi) is 2.64. The maximum Gasteiger partial charge on any atom is 0.296 e. The summed E-state index contributed by atoms with van der Waals surface area (Å²) in [7, 11) is 0. The maximum absolute atomic E-state index is 5.67. The molecular weight excluding hydrogens is 264 g/mol. The number of hydrogen-bond acceptors (Lipinski definition) is 4. The predicted molar refractivity (Wildman–Crippen MR) is 82.1 cm³/mol. The van der Waals surface area contributed by atoms with E-state index in [4.69, 9.17) is 4.42 Å². The van der Waals surface area contributed by atoms with Crippen molar-refractivity contribution in [3.63, 3.8) is 0 Å². The molecule has 4 aromatic rings. The average Bonchev–Trinajstić information content (AvgIpc) is 3.10. The van der Waals surface area contributed by atoms with Crippen LogP contribution in [0.5, 0.6) is 0 Å². The van der Waals surface area contributed by atoms with Crippen molar-refractivity contribution in [2.45, 2.75) is 13.0 Å². The molecule has 0 bridgehead atoms. The standard InChI is InChI=1S/C16H14N4O/c1-10(15-18-11-6-2-3-7-12(11)19-15)17-16-20-13-8-4-5-9-14(13)21-16/h2-10H,1H3,(H,17,20)(H,18,19). The molecule has 104 valence electrons. The van der Waals surface area contributed by atoms with Gasteiger partial charge >= 0.3 is 0 Å². The van der Waals surface area contributed by atoms with Crippen molar-refractivity contribution in [2.75, 3.05) is 5.32 Å². The van der Waals surface area contributed by atoms with Crippen LogP contribution >= 0.6 is 0 Å². The molecule has 2 aromatic heterocycles. The number of H-pyrrole nitrogens is 1. The van der Waals surface area contributed by atoms with Gasteiger partial charge in [0.25, 0.3) is 6.01 Å². The number of aromatic amines is 1. The molecule has 0 aliphatic rings. The summed E-state index contributed by atoms with van der Waals surface area (Å²) >= 11 is 0. The molecule has 2 heterocycles. The molecule has 5 heteroatoms. The molecule has 21 heavy (non-hydrogen) atoms. The van der Waals surface area contributed by atoms with E-state index in [0.29, 0.717) is 6.01 Å². The Hall–Kier alpha value is -2.82. The van der Waals surface area contributed by atoms with Gasteiger partial charge in [-0.05, 0) is 31.2 Å². The van der Waals surface area contributed by atoms with Gasteiger partial charge in [-0.3, -0.25) is 0 Å². The SMILES string of the molecule is CC(Nc1nc2ccccc2o1)c1nc2ccccc2[nH]1. The van der Waals surface area contributed by atoms with Gasteiger partial charge in [-0.2, -0.15) is 4.98 Å². The van der Waals surface area contributed by atoms with E-state index >= 15 is 0 Å². The molecule has 0 aliphatic heterocycles. The van der Waals surface area contributed by atoms with Crippen LogP contribution in [0.25, 0.3) is 22.1 Å². The number of hydrogen-bond donors (Lipinski definition) is 2. The van der Waals surface area contributed by atoms with E-state index < -0.39 is 0 Å². The van der Waals surface area contributed by atoms with E-state index in [1.54, 1.807) is 0 Å². The summed E-state index contributed by atoms with van der Waals surface area (Å²) in [4.78, 5) is 12.3. The van der Waals surface area contributed by atoms with E-state index in [9.17, 15) is 0 Å². The highest BCUT2D eigenvalue weighted by Gasteiger charge is 2.13. The Balaban J connectivity index is 1.63. The minimum atomic E-state index is -0.0227. The van der Waals surface area contributed by atoms with Gasteiger partial charge in [-0.25, -0.2) is 4.98 Å². The van der Waals surface area contributed by atoms with E-state index in [0.717, 1.165) is 28.0 Å². The van der Waals surface area contributed by atoms with Gasteiger partial charge in [0, 0.05) is 0 Å². The van der Waals surface area contributed by atoms with Crippen LogP contribution in [-0.4, -0.2) is 15.0 Å². The molecule has 0 radical (unpaired) electrons. The number of benzene rings is 2. The van der Waals surface area contributed by atoms with Gasteiger partial charge in [0.2, 0.25) is 0 Å². The van der Waals surface area contributed by atoms with Crippen molar-refractivity contribution >= 4 is 28.1 Å². The third-order valence-electron chi connectivity index (χ3n) is 3.45. The Bertz CT molecular complexity index is 843. The first kappa shape index (κ1) is 12.0. The molecule has 0 spiro atoms. The fourth-order valence-corrected chi connectivity index (χ4v) is 2.37. The summed E-state index contributed by atoms with van der Waals surface area (Å²) in [5, 5.41) is 3.24. The zero-order valence-electron chi connectivity index (χ0n) is 11.5. The van der Waals surface area contributed by atoms with Gasteiger partial charge < -0.3 is 14.7 Å². The third kappa shape index (κ3) is 2.12. The number of nitrogens with one attached hydrogen (secondary N) is 2. The largest absolute Gasteiger partial charge is 0.424 e. The summed E-state index contributed by atoms with van der Waals surface area (Å²) in [6.07, 6.45) is 0. The van der Waals surface area contributed by atoms with E-state index in [1.807, 2.05) is 55.5 Å². The van der Waals surface area contributed by atoms with Crippen molar-refractivity contribution in [3.05, 3.63) is 54.4 Å². The molecule has 0 fully saturated rings. The van der Waals surface area contributed by atoms with Crippen LogP contribution < -0.4 is 5.32 Å². The third-order valence-corrected chi connectivity index (χ3v) is 3.45. The van der Waals surface area contributed by atoms with Crippen molar-refractivity contribution in [3.8, 4) is 0 Å². The van der Waals surface area contributed by atoms with Crippen LogP contribution in [-0.2, 0) is 0 Å². The van der Waals surface area contributed by atoms with Crippen molar-refractivity contribution in [1.82, 2.24) is 15.0 Å². The summed E-state index contributed by atoms with van der Waals surface area (Å²) in [5.74, 6) is 0.860. The normalized spacial score (nSPS) is 12.8. The summed E-state index contributed by atoms with van der Waals surface area (Å²) in [6, 6.07) is 16.1. The highest BCUT2D eigenvalue weighted by Crippen LogP contribution is 2.23. The second-order valence-corrected chi connectivity index (χ2v) is 4.99. The fourth-order valence-electron chi connectivity index (χ4n) is 2.37. The van der Waals surface area contributed by atoms with Gasteiger partial charge in [-0.1, -0.05) is 24.3 Å². The van der Waals surface area contributed by atoms with Crippen LogP contribution in [0.3, 0.4) is 0 Å². The Morgan fingerprint density at radius 3 is 2.57 bits per heavy atom.